The highest BCUT2D eigenvalue weighted by Crippen LogP contribution is 2.32. The van der Waals surface area contributed by atoms with Crippen molar-refractivity contribution in [1.82, 2.24) is 14.9 Å². The van der Waals surface area contributed by atoms with E-state index in [2.05, 4.69) is 32.4 Å². The van der Waals surface area contributed by atoms with Gasteiger partial charge in [-0.3, -0.25) is 0 Å². The number of aromatic nitrogens is 2. The van der Waals surface area contributed by atoms with Crippen LogP contribution in [0.4, 0.5) is 17.5 Å². The zero-order valence-corrected chi connectivity index (χ0v) is 15.7. The summed E-state index contributed by atoms with van der Waals surface area (Å²) in [5, 5.41) is 6.21. The van der Waals surface area contributed by atoms with E-state index in [-0.39, 0.29) is 0 Å². The second kappa shape index (κ2) is 8.71. The smallest absolute Gasteiger partial charge is 0.229 e. The number of likely N-dealkylation sites (tertiary alicyclic amines) is 1. The molecule has 0 amide bonds. The second-order valence-corrected chi connectivity index (χ2v) is 6.37. The topological polar surface area (TPSA) is 71.5 Å². The molecule has 1 aliphatic rings. The Labute approximate surface area is 154 Å². The van der Waals surface area contributed by atoms with Crippen LogP contribution in [0.2, 0.25) is 0 Å². The van der Waals surface area contributed by atoms with E-state index in [1.165, 1.54) is 6.42 Å². The number of anilines is 3. The van der Waals surface area contributed by atoms with Gasteiger partial charge in [-0.25, -0.2) is 4.98 Å². The Morgan fingerprint density at radius 2 is 2.15 bits per heavy atom. The van der Waals surface area contributed by atoms with Crippen molar-refractivity contribution < 1.29 is 9.47 Å². The summed E-state index contributed by atoms with van der Waals surface area (Å²) in [6.45, 7) is 6.25. The van der Waals surface area contributed by atoms with Crippen LogP contribution in [0.5, 0.6) is 11.5 Å². The number of nitrogens with one attached hydrogen (secondary N) is 2. The molecule has 7 heteroatoms. The quantitative estimate of drug-likeness (QED) is 0.752. The van der Waals surface area contributed by atoms with E-state index < -0.39 is 0 Å². The van der Waals surface area contributed by atoms with E-state index in [9.17, 15) is 0 Å². The Kier molecular flexibility index (Phi) is 6.12. The zero-order valence-electron chi connectivity index (χ0n) is 15.7. The van der Waals surface area contributed by atoms with E-state index in [0.717, 1.165) is 42.6 Å². The Bertz CT molecular complexity index is 725. The summed E-state index contributed by atoms with van der Waals surface area (Å²) >= 11 is 0. The van der Waals surface area contributed by atoms with Crippen molar-refractivity contribution >= 4 is 17.5 Å². The molecule has 2 N–H and O–H groups in total. The van der Waals surface area contributed by atoms with Gasteiger partial charge >= 0.3 is 0 Å². The summed E-state index contributed by atoms with van der Waals surface area (Å²) in [6.07, 6.45) is 2.89. The third-order valence-electron chi connectivity index (χ3n) is 4.62. The average Bonchev–Trinajstić information content (AvgIpc) is 3.15. The molecule has 0 spiro atoms. The lowest BCUT2D eigenvalue weighted by molar-refractivity contribution is 0.234. The molecular weight excluding hydrogens is 330 g/mol. The summed E-state index contributed by atoms with van der Waals surface area (Å²) in [4.78, 5) is 11.1. The monoisotopic (exact) mass is 357 g/mol. The van der Waals surface area contributed by atoms with Gasteiger partial charge < -0.3 is 25.0 Å². The Hall–Kier alpha value is -2.54. The molecule has 0 aliphatic carbocycles. The number of methoxy groups -OCH3 is 1. The van der Waals surface area contributed by atoms with E-state index in [1.54, 1.807) is 13.3 Å². The van der Waals surface area contributed by atoms with Crippen LogP contribution in [-0.2, 0) is 0 Å². The fourth-order valence-electron chi connectivity index (χ4n) is 3.10. The van der Waals surface area contributed by atoms with Crippen LogP contribution < -0.4 is 20.1 Å². The van der Waals surface area contributed by atoms with E-state index in [0.29, 0.717) is 18.5 Å². The Morgan fingerprint density at radius 3 is 2.88 bits per heavy atom. The Balaban J connectivity index is 1.67. The van der Waals surface area contributed by atoms with Crippen LogP contribution in [0.25, 0.3) is 0 Å². The second-order valence-electron chi connectivity index (χ2n) is 6.37. The minimum Gasteiger partial charge on any atom is -0.493 e. The first-order valence-electron chi connectivity index (χ1n) is 9.02. The van der Waals surface area contributed by atoms with Crippen molar-refractivity contribution in [3.8, 4) is 11.5 Å². The molecule has 2 aromatic rings. The maximum atomic E-state index is 6.08. The van der Waals surface area contributed by atoms with Gasteiger partial charge in [-0.2, -0.15) is 4.98 Å². The largest absolute Gasteiger partial charge is 0.493 e. The van der Waals surface area contributed by atoms with E-state index >= 15 is 0 Å². The van der Waals surface area contributed by atoms with Crippen molar-refractivity contribution in [2.45, 2.75) is 13.3 Å². The fourth-order valence-corrected chi connectivity index (χ4v) is 3.10. The van der Waals surface area contributed by atoms with Crippen LogP contribution in [0.15, 0.2) is 30.5 Å². The first kappa shape index (κ1) is 18.3. The molecular formula is C19H27N5O2. The molecule has 1 aromatic carbocycles. The molecule has 140 valence electrons. The number of hydrogen-bond acceptors (Lipinski definition) is 7. The molecule has 0 bridgehead atoms. The van der Waals surface area contributed by atoms with E-state index in [4.69, 9.17) is 9.47 Å². The van der Waals surface area contributed by atoms with Gasteiger partial charge in [-0.1, -0.05) is 6.92 Å². The standard InChI is InChI=1S/C19H27N5O2/c1-4-24-10-8-14(12-24)13-26-17-11-15(5-6-16(17)25-3)22-19-21-9-7-18(20-2)23-19/h5-7,9,11,14H,4,8,10,12-13H2,1-3H3,(H2,20,21,22,23). The molecule has 1 saturated heterocycles. The maximum absolute atomic E-state index is 6.08. The molecule has 7 nitrogen and oxygen atoms in total. The molecule has 0 radical (unpaired) electrons. The minimum absolute atomic E-state index is 0.530. The zero-order chi connectivity index (χ0) is 18.4. The number of rotatable bonds is 8. The third-order valence-corrected chi connectivity index (χ3v) is 4.62. The number of hydrogen-bond donors (Lipinski definition) is 2. The molecule has 0 saturated carbocycles. The summed E-state index contributed by atoms with van der Waals surface area (Å²) in [6, 6.07) is 7.57. The summed E-state index contributed by atoms with van der Waals surface area (Å²) < 4.78 is 11.5. The number of nitrogens with zero attached hydrogens (tertiary/aromatic N) is 3. The van der Waals surface area contributed by atoms with Gasteiger partial charge in [0.15, 0.2) is 11.5 Å². The lowest BCUT2D eigenvalue weighted by Crippen LogP contribution is -2.21. The Morgan fingerprint density at radius 1 is 1.27 bits per heavy atom. The van der Waals surface area contributed by atoms with Crippen molar-refractivity contribution in [2.75, 3.05) is 51.0 Å². The summed E-state index contributed by atoms with van der Waals surface area (Å²) in [5.41, 5.74) is 0.857. The minimum atomic E-state index is 0.530. The molecule has 1 aromatic heterocycles. The van der Waals surface area contributed by atoms with Crippen molar-refractivity contribution in [3.63, 3.8) is 0 Å². The normalized spacial score (nSPS) is 17.1. The highest BCUT2D eigenvalue weighted by molar-refractivity contribution is 5.60. The molecule has 3 rings (SSSR count). The molecule has 1 aliphatic heterocycles. The first-order valence-corrected chi connectivity index (χ1v) is 9.02. The lowest BCUT2D eigenvalue weighted by atomic mass is 10.1. The van der Waals surface area contributed by atoms with Gasteiger partial charge in [0.25, 0.3) is 0 Å². The van der Waals surface area contributed by atoms with Crippen LogP contribution >= 0.6 is 0 Å². The van der Waals surface area contributed by atoms with Gasteiger partial charge in [-0.05, 0) is 37.7 Å². The molecule has 1 unspecified atom stereocenters. The van der Waals surface area contributed by atoms with Crippen LogP contribution in [0.3, 0.4) is 0 Å². The van der Waals surface area contributed by atoms with Gasteiger partial charge in [0.1, 0.15) is 5.82 Å². The summed E-state index contributed by atoms with van der Waals surface area (Å²) in [5.74, 6) is 3.31. The summed E-state index contributed by atoms with van der Waals surface area (Å²) in [7, 11) is 3.48. The molecule has 1 fully saturated rings. The fraction of sp³-hybridized carbons (Fsp3) is 0.474. The average molecular weight is 357 g/mol. The van der Waals surface area contributed by atoms with Gasteiger partial charge in [0, 0.05) is 37.5 Å². The molecule has 26 heavy (non-hydrogen) atoms. The molecule has 2 heterocycles. The van der Waals surface area contributed by atoms with Crippen molar-refractivity contribution in [1.29, 1.82) is 0 Å². The predicted molar refractivity (Wildman–Crippen MR) is 104 cm³/mol. The van der Waals surface area contributed by atoms with Crippen LogP contribution in [0.1, 0.15) is 13.3 Å². The number of benzene rings is 1. The van der Waals surface area contributed by atoms with E-state index in [1.807, 2.05) is 31.3 Å². The maximum Gasteiger partial charge on any atom is 0.229 e. The van der Waals surface area contributed by atoms with Gasteiger partial charge in [0.05, 0.1) is 13.7 Å². The lowest BCUT2D eigenvalue weighted by Gasteiger charge is -2.16. The van der Waals surface area contributed by atoms with Crippen LogP contribution in [-0.4, -0.2) is 55.3 Å². The van der Waals surface area contributed by atoms with Crippen LogP contribution in [0, 0.1) is 5.92 Å². The predicted octanol–water partition coefficient (Wildman–Crippen LogP) is 2.99. The highest BCUT2D eigenvalue weighted by atomic mass is 16.5. The molecule has 1 atom stereocenters. The van der Waals surface area contributed by atoms with Crippen molar-refractivity contribution in [3.05, 3.63) is 30.5 Å². The van der Waals surface area contributed by atoms with Gasteiger partial charge in [-0.15, -0.1) is 0 Å². The SMILES string of the molecule is CCN1CCC(COc2cc(Nc3nccc(NC)n3)ccc2OC)C1. The third kappa shape index (κ3) is 4.54. The van der Waals surface area contributed by atoms with Crippen molar-refractivity contribution in [2.24, 2.45) is 5.92 Å². The number of ether oxygens (including phenoxy) is 2. The highest BCUT2D eigenvalue weighted by Gasteiger charge is 2.22. The first-order chi connectivity index (χ1) is 12.7. The van der Waals surface area contributed by atoms with Gasteiger partial charge in [0.2, 0.25) is 5.95 Å².